The van der Waals surface area contributed by atoms with Crippen molar-refractivity contribution >= 4 is 5.82 Å². The maximum absolute atomic E-state index is 9.38. The van der Waals surface area contributed by atoms with Crippen molar-refractivity contribution in [3.05, 3.63) is 18.1 Å². The smallest absolute Gasteiger partial charge is 0.129 e. The van der Waals surface area contributed by atoms with Crippen LogP contribution in [0.2, 0.25) is 0 Å². The monoisotopic (exact) mass is 207 g/mol. The summed E-state index contributed by atoms with van der Waals surface area (Å²) in [5.41, 5.74) is 0.975. The lowest BCUT2D eigenvalue weighted by Crippen LogP contribution is -2.28. The molecule has 15 heavy (non-hydrogen) atoms. The molecule has 1 aliphatic carbocycles. The Hall–Kier alpha value is -1.16. The minimum atomic E-state index is -0.102. The molecular formula is C11H17N3O. The molecule has 1 fully saturated rings. The van der Waals surface area contributed by atoms with Crippen molar-refractivity contribution in [3.8, 4) is 0 Å². The Morgan fingerprint density at radius 3 is 2.67 bits per heavy atom. The molecule has 0 radical (unpaired) electrons. The van der Waals surface area contributed by atoms with Crippen LogP contribution in [0.15, 0.2) is 12.4 Å². The first-order valence-electron chi connectivity index (χ1n) is 5.47. The summed E-state index contributed by atoms with van der Waals surface area (Å²) in [4.78, 5) is 8.22. The second-order valence-electron chi connectivity index (χ2n) is 4.19. The maximum Gasteiger partial charge on any atom is 0.129 e. The molecule has 1 aliphatic rings. The third-order valence-electron chi connectivity index (χ3n) is 2.85. The molecule has 4 nitrogen and oxygen atoms in total. The second kappa shape index (κ2) is 4.57. The van der Waals surface area contributed by atoms with Gasteiger partial charge in [-0.15, -0.1) is 0 Å². The number of rotatable bonds is 2. The van der Waals surface area contributed by atoms with E-state index in [2.05, 4.69) is 15.3 Å². The van der Waals surface area contributed by atoms with Gasteiger partial charge < -0.3 is 10.4 Å². The number of nitrogens with zero attached hydrogens (tertiary/aromatic N) is 2. The topological polar surface area (TPSA) is 58.0 Å². The highest BCUT2D eigenvalue weighted by molar-refractivity contribution is 5.35. The van der Waals surface area contributed by atoms with Crippen LogP contribution < -0.4 is 5.32 Å². The predicted octanol–water partition coefficient (Wildman–Crippen LogP) is 1.50. The Labute approximate surface area is 89.8 Å². The summed E-state index contributed by atoms with van der Waals surface area (Å²) >= 11 is 0. The minimum absolute atomic E-state index is 0.102. The van der Waals surface area contributed by atoms with Crippen LogP contribution in [0.5, 0.6) is 0 Å². The summed E-state index contributed by atoms with van der Waals surface area (Å²) in [5, 5.41) is 12.8. The lowest BCUT2D eigenvalue weighted by Gasteiger charge is -2.26. The van der Waals surface area contributed by atoms with Gasteiger partial charge in [-0.1, -0.05) is 0 Å². The van der Waals surface area contributed by atoms with Gasteiger partial charge in [-0.2, -0.15) is 0 Å². The van der Waals surface area contributed by atoms with E-state index >= 15 is 0 Å². The SMILES string of the molecule is Cc1cc(N[C@H]2CC[C@@H](O)CC2)ncn1. The van der Waals surface area contributed by atoms with Crippen molar-refractivity contribution in [3.63, 3.8) is 0 Å². The summed E-state index contributed by atoms with van der Waals surface area (Å²) in [6.07, 6.45) is 5.29. The average Bonchev–Trinajstić information content (AvgIpc) is 2.22. The van der Waals surface area contributed by atoms with Crippen LogP contribution in [0.4, 0.5) is 5.82 Å². The Balaban J connectivity index is 1.92. The fourth-order valence-electron chi connectivity index (χ4n) is 1.96. The van der Waals surface area contributed by atoms with Gasteiger partial charge in [0, 0.05) is 17.8 Å². The highest BCUT2D eigenvalue weighted by atomic mass is 16.3. The molecule has 1 aromatic rings. The zero-order valence-corrected chi connectivity index (χ0v) is 8.98. The van der Waals surface area contributed by atoms with Crippen molar-refractivity contribution in [2.24, 2.45) is 0 Å². The van der Waals surface area contributed by atoms with Gasteiger partial charge in [-0.25, -0.2) is 9.97 Å². The highest BCUT2D eigenvalue weighted by Crippen LogP contribution is 2.21. The standard InChI is InChI=1S/C11H17N3O/c1-8-6-11(13-7-12-8)14-9-2-4-10(15)5-3-9/h6-7,9-10,15H,2-5H2,1H3,(H,12,13,14)/t9-,10+. The number of anilines is 1. The summed E-state index contributed by atoms with van der Waals surface area (Å²) in [7, 11) is 0. The number of aryl methyl sites for hydroxylation is 1. The van der Waals surface area contributed by atoms with Crippen molar-refractivity contribution in [1.82, 2.24) is 9.97 Å². The largest absolute Gasteiger partial charge is 0.393 e. The summed E-state index contributed by atoms with van der Waals surface area (Å²) < 4.78 is 0. The lowest BCUT2D eigenvalue weighted by atomic mass is 9.93. The van der Waals surface area contributed by atoms with Crippen molar-refractivity contribution in [2.75, 3.05) is 5.32 Å². The zero-order valence-electron chi connectivity index (χ0n) is 8.98. The van der Waals surface area contributed by atoms with Gasteiger partial charge in [0.2, 0.25) is 0 Å². The Kier molecular flexibility index (Phi) is 3.16. The summed E-state index contributed by atoms with van der Waals surface area (Å²) in [5.74, 6) is 0.892. The van der Waals surface area contributed by atoms with Crippen molar-refractivity contribution in [2.45, 2.75) is 44.8 Å². The first-order chi connectivity index (χ1) is 7.24. The average molecular weight is 207 g/mol. The predicted molar refractivity (Wildman–Crippen MR) is 58.7 cm³/mol. The maximum atomic E-state index is 9.38. The third-order valence-corrected chi connectivity index (χ3v) is 2.85. The van der Waals surface area contributed by atoms with E-state index in [-0.39, 0.29) is 6.10 Å². The van der Waals surface area contributed by atoms with E-state index in [1.54, 1.807) is 6.33 Å². The second-order valence-corrected chi connectivity index (χ2v) is 4.19. The normalized spacial score (nSPS) is 26.3. The quantitative estimate of drug-likeness (QED) is 0.771. The van der Waals surface area contributed by atoms with Crippen LogP contribution in [0, 0.1) is 6.92 Å². The summed E-state index contributed by atoms with van der Waals surface area (Å²) in [6.45, 7) is 1.96. The van der Waals surface area contributed by atoms with Crippen LogP contribution in [-0.4, -0.2) is 27.2 Å². The fourth-order valence-corrected chi connectivity index (χ4v) is 1.96. The van der Waals surface area contributed by atoms with Gasteiger partial charge in [-0.3, -0.25) is 0 Å². The number of nitrogens with one attached hydrogen (secondary N) is 1. The molecule has 0 amide bonds. The molecule has 0 aromatic carbocycles. The molecule has 0 bridgehead atoms. The van der Waals surface area contributed by atoms with Crippen molar-refractivity contribution in [1.29, 1.82) is 0 Å². The van der Waals surface area contributed by atoms with Crippen LogP contribution in [0.3, 0.4) is 0 Å². The molecule has 2 rings (SSSR count). The Morgan fingerprint density at radius 1 is 1.27 bits per heavy atom. The molecule has 0 spiro atoms. The molecular weight excluding hydrogens is 190 g/mol. The van der Waals surface area contributed by atoms with E-state index < -0.39 is 0 Å². The number of hydrogen-bond donors (Lipinski definition) is 2. The summed E-state index contributed by atoms with van der Waals surface area (Å²) in [6, 6.07) is 2.40. The lowest BCUT2D eigenvalue weighted by molar-refractivity contribution is 0.126. The van der Waals surface area contributed by atoms with Crippen LogP contribution >= 0.6 is 0 Å². The Morgan fingerprint density at radius 2 is 2.00 bits per heavy atom. The van der Waals surface area contributed by atoms with Gasteiger partial charge in [0.05, 0.1) is 6.10 Å². The van der Waals surface area contributed by atoms with Gasteiger partial charge in [-0.05, 0) is 32.6 Å². The molecule has 1 aromatic heterocycles. The van der Waals surface area contributed by atoms with E-state index in [1.807, 2.05) is 13.0 Å². The van der Waals surface area contributed by atoms with Crippen molar-refractivity contribution < 1.29 is 5.11 Å². The van der Waals surface area contributed by atoms with Gasteiger partial charge in [0.1, 0.15) is 12.1 Å². The van der Waals surface area contributed by atoms with E-state index in [9.17, 15) is 5.11 Å². The fraction of sp³-hybridized carbons (Fsp3) is 0.636. The molecule has 1 saturated carbocycles. The first-order valence-corrected chi connectivity index (χ1v) is 5.47. The molecule has 0 aliphatic heterocycles. The Bertz CT molecular complexity index is 321. The molecule has 0 atom stereocenters. The molecule has 82 valence electrons. The molecule has 0 saturated heterocycles. The van der Waals surface area contributed by atoms with E-state index in [0.29, 0.717) is 6.04 Å². The minimum Gasteiger partial charge on any atom is -0.393 e. The molecule has 1 heterocycles. The van der Waals surface area contributed by atoms with Crippen LogP contribution in [0.1, 0.15) is 31.4 Å². The molecule has 0 unspecified atom stereocenters. The molecule has 4 heteroatoms. The number of aliphatic hydroxyl groups is 1. The zero-order chi connectivity index (χ0) is 10.7. The van der Waals surface area contributed by atoms with Gasteiger partial charge in [0.25, 0.3) is 0 Å². The van der Waals surface area contributed by atoms with Crippen LogP contribution in [-0.2, 0) is 0 Å². The van der Waals surface area contributed by atoms with Gasteiger partial charge in [0.15, 0.2) is 0 Å². The highest BCUT2D eigenvalue weighted by Gasteiger charge is 2.19. The number of hydrogen-bond acceptors (Lipinski definition) is 4. The van der Waals surface area contributed by atoms with Crippen LogP contribution in [0.25, 0.3) is 0 Å². The number of aliphatic hydroxyl groups excluding tert-OH is 1. The van der Waals surface area contributed by atoms with Gasteiger partial charge >= 0.3 is 0 Å². The first kappa shape index (κ1) is 10.4. The van der Waals surface area contributed by atoms with E-state index in [1.165, 1.54) is 0 Å². The van der Waals surface area contributed by atoms with E-state index in [0.717, 1.165) is 37.2 Å². The third kappa shape index (κ3) is 2.89. The van der Waals surface area contributed by atoms with E-state index in [4.69, 9.17) is 0 Å². The number of aromatic nitrogens is 2. The molecule has 2 N–H and O–H groups in total.